The Kier molecular flexibility index (Phi) is 6.18. The molecule has 0 unspecified atom stereocenters. The quantitative estimate of drug-likeness (QED) is 0.586. The van der Waals surface area contributed by atoms with Gasteiger partial charge in [-0.25, -0.2) is 4.39 Å². The second-order valence-corrected chi connectivity index (χ2v) is 5.99. The van der Waals surface area contributed by atoms with Gasteiger partial charge in [0.05, 0.1) is 7.11 Å². The van der Waals surface area contributed by atoms with E-state index in [1.165, 1.54) is 12.1 Å². The summed E-state index contributed by atoms with van der Waals surface area (Å²) in [6.45, 7) is 1.24. The fourth-order valence-electron chi connectivity index (χ4n) is 2.67. The first kappa shape index (κ1) is 18.6. The van der Waals surface area contributed by atoms with Crippen LogP contribution in [0.25, 0.3) is 0 Å². The molecule has 0 heterocycles. The Bertz CT molecular complexity index is 892. The van der Waals surface area contributed by atoms with Gasteiger partial charge in [-0.2, -0.15) is 0 Å². The first-order valence-electron chi connectivity index (χ1n) is 8.53. The molecule has 4 nitrogen and oxygen atoms in total. The fraction of sp³-hybridized carbons (Fsp3) is 0.136. The van der Waals surface area contributed by atoms with Crippen molar-refractivity contribution >= 4 is 6.29 Å². The van der Waals surface area contributed by atoms with Crippen molar-refractivity contribution in [3.05, 3.63) is 89.2 Å². The lowest BCUT2D eigenvalue weighted by Gasteiger charge is -2.11. The maximum Gasteiger partial charge on any atom is 0.150 e. The van der Waals surface area contributed by atoms with E-state index in [1.54, 1.807) is 31.4 Å². The molecule has 0 saturated heterocycles. The molecule has 0 aliphatic rings. The van der Waals surface area contributed by atoms with Gasteiger partial charge in [0.1, 0.15) is 29.4 Å². The number of carbonyl (C=O) groups excluding carboxylic acids is 1. The highest BCUT2D eigenvalue weighted by Gasteiger charge is 2.05. The predicted octanol–water partition coefficient (Wildman–Crippen LogP) is 4.73. The molecule has 0 aliphatic carbocycles. The third-order valence-corrected chi connectivity index (χ3v) is 4.06. The van der Waals surface area contributed by atoms with Crippen molar-refractivity contribution in [3.63, 3.8) is 0 Å². The molecular formula is C22H20FNO3. The lowest BCUT2D eigenvalue weighted by atomic mass is 10.1. The van der Waals surface area contributed by atoms with E-state index >= 15 is 0 Å². The van der Waals surface area contributed by atoms with Gasteiger partial charge in [-0.05, 0) is 60.2 Å². The molecule has 138 valence electrons. The molecule has 3 rings (SSSR count). The van der Waals surface area contributed by atoms with Gasteiger partial charge in [0.15, 0.2) is 0 Å². The molecule has 1 N–H and O–H groups in total. The highest BCUT2D eigenvalue weighted by atomic mass is 19.1. The Morgan fingerprint density at radius 2 is 1.59 bits per heavy atom. The summed E-state index contributed by atoms with van der Waals surface area (Å²) < 4.78 is 23.9. The maximum atomic E-state index is 12.9. The van der Waals surface area contributed by atoms with E-state index in [0.29, 0.717) is 30.2 Å². The first-order chi connectivity index (χ1) is 13.2. The normalized spacial score (nSPS) is 10.4. The van der Waals surface area contributed by atoms with E-state index in [0.717, 1.165) is 23.2 Å². The van der Waals surface area contributed by atoms with Crippen molar-refractivity contribution < 1.29 is 18.7 Å². The van der Waals surface area contributed by atoms with Crippen LogP contribution in [0.2, 0.25) is 0 Å². The average Bonchev–Trinajstić information content (AvgIpc) is 2.71. The van der Waals surface area contributed by atoms with Crippen LogP contribution in [-0.4, -0.2) is 13.4 Å². The Hall–Kier alpha value is -3.18. The van der Waals surface area contributed by atoms with Crippen LogP contribution in [0.5, 0.6) is 17.2 Å². The zero-order valence-corrected chi connectivity index (χ0v) is 14.9. The summed E-state index contributed by atoms with van der Waals surface area (Å²) >= 11 is 0. The van der Waals surface area contributed by atoms with Gasteiger partial charge in [0.25, 0.3) is 0 Å². The third-order valence-electron chi connectivity index (χ3n) is 4.06. The molecule has 0 spiro atoms. The van der Waals surface area contributed by atoms with Crippen molar-refractivity contribution in [2.24, 2.45) is 0 Å². The standard InChI is InChI=1S/C22H20FNO3/c1-26-22-11-4-17(15-25)12-18(22)14-24-13-16-2-7-20(8-3-16)27-21-9-5-19(23)6-10-21/h2-12,15,24H,13-14H2,1H3. The second kappa shape index (κ2) is 8.96. The van der Waals surface area contributed by atoms with Crippen LogP contribution in [0, 0.1) is 5.82 Å². The molecule has 27 heavy (non-hydrogen) atoms. The number of benzene rings is 3. The number of ether oxygens (including phenoxy) is 2. The van der Waals surface area contributed by atoms with Gasteiger partial charge in [-0.15, -0.1) is 0 Å². The molecule has 0 saturated carbocycles. The summed E-state index contributed by atoms with van der Waals surface area (Å²) in [6.07, 6.45) is 0.822. The topological polar surface area (TPSA) is 47.6 Å². The summed E-state index contributed by atoms with van der Waals surface area (Å²) in [5.74, 6) is 1.73. The average molecular weight is 365 g/mol. The molecule has 0 aromatic heterocycles. The SMILES string of the molecule is COc1ccc(C=O)cc1CNCc1ccc(Oc2ccc(F)cc2)cc1. The summed E-state index contributed by atoms with van der Waals surface area (Å²) in [4.78, 5) is 10.9. The molecule has 0 bridgehead atoms. The molecular weight excluding hydrogens is 345 g/mol. The Morgan fingerprint density at radius 1 is 0.926 bits per heavy atom. The Labute approximate surface area is 157 Å². The van der Waals surface area contributed by atoms with Crippen LogP contribution >= 0.6 is 0 Å². The highest BCUT2D eigenvalue weighted by Crippen LogP contribution is 2.22. The van der Waals surface area contributed by atoms with Crippen LogP contribution in [0.1, 0.15) is 21.5 Å². The van der Waals surface area contributed by atoms with Gasteiger partial charge in [-0.3, -0.25) is 4.79 Å². The van der Waals surface area contributed by atoms with Crippen LogP contribution < -0.4 is 14.8 Å². The highest BCUT2D eigenvalue weighted by molar-refractivity contribution is 5.75. The van der Waals surface area contributed by atoms with E-state index in [1.807, 2.05) is 30.3 Å². The van der Waals surface area contributed by atoms with E-state index in [9.17, 15) is 9.18 Å². The van der Waals surface area contributed by atoms with E-state index in [4.69, 9.17) is 9.47 Å². The predicted molar refractivity (Wildman–Crippen MR) is 102 cm³/mol. The van der Waals surface area contributed by atoms with Crippen LogP contribution in [0.4, 0.5) is 4.39 Å². The molecule has 0 aliphatic heterocycles. The van der Waals surface area contributed by atoms with Crippen molar-refractivity contribution in [1.29, 1.82) is 0 Å². The zero-order chi connectivity index (χ0) is 19.1. The number of aldehydes is 1. The lowest BCUT2D eigenvalue weighted by Crippen LogP contribution is -2.13. The number of carbonyl (C=O) groups is 1. The summed E-state index contributed by atoms with van der Waals surface area (Å²) in [5.41, 5.74) is 2.64. The smallest absolute Gasteiger partial charge is 0.150 e. The molecule has 0 fully saturated rings. The molecule has 0 amide bonds. The number of hydrogen-bond acceptors (Lipinski definition) is 4. The summed E-state index contributed by atoms with van der Waals surface area (Å²) in [6, 6.07) is 18.9. The fourth-order valence-corrected chi connectivity index (χ4v) is 2.67. The van der Waals surface area contributed by atoms with Crippen LogP contribution in [-0.2, 0) is 13.1 Å². The molecule has 3 aromatic carbocycles. The number of halogens is 1. The molecule has 0 atom stereocenters. The van der Waals surface area contributed by atoms with Crippen LogP contribution in [0.15, 0.2) is 66.7 Å². The first-order valence-corrected chi connectivity index (χ1v) is 8.53. The largest absolute Gasteiger partial charge is 0.496 e. The lowest BCUT2D eigenvalue weighted by molar-refractivity contribution is 0.112. The van der Waals surface area contributed by atoms with Crippen LogP contribution in [0.3, 0.4) is 0 Å². The van der Waals surface area contributed by atoms with Gasteiger partial charge in [0, 0.05) is 24.2 Å². The Morgan fingerprint density at radius 3 is 2.22 bits per heavy atom. The van der Waals surface area contributed by atoms with Crippen molar-refractivity contribution in [3.8, 4) is 17.2 Å². The monoisotopic (exact) mass is 365 g/mol. The van der Waals surface area contributed by atoms with Crippen molar-refractivity contribution in [2.45, 2.75) is 13.1 Å². The minimum atomic E-state index is -0.293. The maximum absolute atomic E-state index is 12.9. The van der Waals surface area contributed by atoms with E-state index < -0.39 is 0 Å². The number of methoxy groups -OCH3 is 1. The molecule has 0 radical (unpaired) electrons. The number of nitrogens with one attached hydrogen (secondary N) is 1. The zero-order valence-electron chi connectivity index (χ0n) is 14.9. The van der Waals surface area contributed by atoms with Gasteiger partial charge in [-0.1, -0.05) is 12.1 Å². The van der Waals surface area contributed by atoms with E-state index in [-0.39, 0.29) is 5.82 Å². The summed E-state index contributed by atoms with van der Waals surface area (Å²) in [7, 11) is 1.61. The van der Waals surface area contributed by atoms with Gasteiger partial charge in [0.2, 0.25) is 0 Å². The van der Waals surface area contributed by atoms with E-state index in [2.05, 4.69) is 5.32 Å². The minimum absolute atomic E-state index is 0.293. The Balaban J connectivity index is 1.56. The summed E-state index contributed by atoms with van der Waals surface area (Å²) in [5, 5.41) is 3.34. The minimum Gasteiger partial charge on any atom is -0.496 e. The second-order valence-electron chi connectivity index (χ2n) is 5.99. The van der Waals surface area contributed by atoms with Crippen molar-refractivity contribution in [1.82, 2.24) is 5.32 Å². The number of rotatable bonds is 8. The van der Waals surface area contributed by atoms with Gasteiger partial charge >= 0.3 is 0 Å². The van der Waals surface area contributed by atoms with Crippen molar-refractivity contribution in [2.75, 3.05) is 7.11 Å². The number of hydrogen-bond donors (Lipinski definition) is 1. The third kappa shape index (κ3) is 5.15. The van der Waals surface area contributed by atoms with Gasteiger partial charge < -0.3 is 14.8 Å². The molecule has 5 heteroatoms. The molecule has 3 aromatic rings.